The first-order valence-electron chi connectivity index (χ1n) is 6.65. The molecule has 0 aliphatic rings. The lowest BCUT2D eigenvalue weighted by atomic mass is 10.1. The summed E-state index contributed by atoms with van der Waals surface area (Å²) in [7, 11) is 0. The molecule has 20 heavy (non-hydrogen) atoms. The topological polar surface area (TPSA) is 44.9 Å². The molecular weight excluding hydrogens is 248 g/mol. The number of carbonyl (C=O) groups excluding carboxylic acids is 1. The highest BCUT2D eigenvalue weighted by Gasteiger charge is 2.13. The van der Waals surface area contributed by atoms with Crippen LogP contribution in [0.2, 0.25) is 0 Å². The molecule has 1 heterocycles. The van der Waals surface area contributed by atoms with Crippen molar-refractivity contribution in [2.45, 2.75) is 13.5 Å². The Kier molecular flexibility index (Phi) is 3.25. The number of carbonyl (C=O) groups is 1. The van der Waals surface area contributed by atoms with Gasteiger partial charge in [0.25, 0.3) is 5.91 Å². The first-order chi connectivity index (χ1) is 9.75. The molecule has 3 nitrogen and oxygen atoms in total. The summed E-state index contributed by atoms with van der Waals surface area (Å²) >= 11 is 0. The van der Waals surface area contributed by atoms with Crippen molar-refractivity contribution in [2.24, 2.45) is 0 Å². The molecule has 3 heteroatoms. The summed E-state index contributed by atoms with van der Waals surface area (Å²) in [5, 5.41) is 4.04. The van der Waals surface area contributed by atoms with Gasteiger partial charge in [0.2, 0.25) is 0 Å². The molecule has 3 rings (SSSR count). The van der Waals surface area contributed by atoms with E-state index in [0.717, 1.165) is 22.0 Å². The molecule has 0 aliphatic carbocycles. The Balaban J connectivity index is 1.81. The lowest BCUT2D eigenvalue weighted by molar-refractivity contribution is 0.0946. The zero-order chi connectivity index (χ0) is 13.9. The molecule has 1 aromatic heterocycles. The number of H-pyrrole nitrogens is 1. The molecule has 0 spiro atoms. The van der Waals surface area contributed by atoms with Gasteiger partial charge >= 0.3 is 0 Å². The van der Waals surface area contributed by atoms with E-state index < -0.39 is 0 Å². The average Bonchev–Trinajstić information content (AvgIpc) is 2.84. The molecule has 0 fully saturated rings. The van der Waals surface area contributed by atoms with Crippen LogP contribution in [0, 0.1) is 6.92 Å². The summed E-state index contributed by atoms with van der Waals surface area (Å²) < 4.78 is 0. The van der Waals surface area contributed by atoms with Crippen LogP contribution in [0.1, 0.15) is 21.6 Å². The van der Waals surface area contributed by atoms with Crippen LogP contribution in [0.3, 0.4) is 0 Å². The number of nitrogens with one attached hydrogen (secondary N) is 2. The molecule has 0 bridgehead atoms. The van der Waals surface area contributed by atoms with Crippen molar-refractivity contribution in [3.8, 4) is 0 Å². The molecule has 0 saturated heterocycles. The van der Waals surface area contributed by atoms with Gasteiger partial charge in [-0.25, -0.2) is 0 Å². The number of hydrogen-bond donors (Lipinski definition) is 2. The summed E-state index contributed by atoms with van der Waals surface area (Å²) in [6, 6.07) is 17.8. The molecule has 0 unspecified atom stereocenters. The molecule has 0 saturated carbocycles. The predicted molar refractivity (Wildman–Crippen MR) is 80.6 cm³/mol. The van der Waals surface area contributed by atoms with Crippen molar-refractivity contribution in [3.63, 3.8) is 0 Å². The minimum Gasteiger partial charge on any atom is -0.350 e. The second kappa shape index (κ2) is 5.21. The zero-order valence-corrected chi connectivity index (χ0v) is 11.3. The fraction of sp³-hybridized carbons (Fsp3) is 0.118. The third-order valence-electron chi connectivity index (χ3n) is 3.49. The number of aromatic amines is 1. The van der Waals surface area contributed by atoms with Gasteiger partial charge in [-0.3, -0.25) is 4.79 Å². The SMILES string of the molecule is Cc1c(C(=O)NCc2ccccc2)[nH]c2ccccc12. The smallest absolute Gasteiger partial charge is 0.268 e. The van der Waals surface area contributed by atoms with Crippen LogP contribution < -0.4 is 5.32 Å². The van der Waals surface area contributed by atoms with Gasteiger partial charge in [-0.2, -0.15) is 0 Å². The van der Waals surface area contributed by atoms with Gasteiger partial charge in [0, 0.05) is 17.4 Å². The van der Waals surface area contributed by atoms with Crippen molar-refractivity contribution in [1.29, 1.82) is 0 Å². The lowest BCUT2D eigenvalue weighted by Crippen LogP contribution is -2.23. The van der Waals surface area contributed by atoms with E-state index in [1.165, 1.54) is 0 Å². The van der Waals surface area contributed by atoms with Crippen molar-refractivity contribution < 1.29 is 4.79 Å². The molecule has 1 amide bonds. The number of aryl methyl sites for hydroxylation is 1. The van der Waals surface area contributed by atoms with E-state index in [0.29, 0.717) is 12.2 Å². The minimum absolute atomic E-state index is 0.0671. The largest absolute Gasteiger partial charge is 0.350 e. The van der Waals surface area contributed by atoms with Gasteiger partial charge in [0.05, 0.1) is 0 Å². The molecule has 0 aliphatic heterocycles. The van der Waals surface area contributed by atoms with Crippen LogP contribution in [0.4, 0.5) is 0 Å². The molecule has 0 atom stereocenters. The monoisotopic (exact) mass is 264 g/mol. The quantitative estimate of drug-likeness (QED) is 0.748. The van der Waals surface area contributed by atoms with E-state index in [4.69, 9.17) is 0 Å². The van der Waals surface area contributed by atoms with Crippen LogP contribution in [-0.2, 0) is 6.54 Å². The van der Waals surface area contributed by atoms with Crippen LogP contribution in [0.25, 0.3) is 10.9 Å². The van der Waals surface area contributed by atoms with Crippen molar-refractivity contribution in [2.75, 3.05) is 0 Å². The Morgan fingerprint density at radius 1 is 1.05 bits per heavy atom. The normalized spacial score (nSPS) is 10.7. The summed E-state index contributed by atoms with van der Waals surface area (Å²) in [5.41, 5.74) is 3.72. The standard InChI is InChI=1S/C17H16N2O/c1-12-14-9-5-6-10-15(14)19-16(12)17(20)18-11-13-7-3-2-4-8-13/h2-10,19H,11H2,1H3,(H,18,20). The Labute approximate surface area is 117 Å². The Morgan fingerprint density at radius 2 is 1.75 bits per heavy atom. The van der Waals surface area contributed by atoms with Crippen LogP contribution >= 0.6 is 0 Å². The maximum atomic E-state index is 12.3. The van der Waals surface area contributed by atoms with Crippen LogP contribution in [0.5, 0.6) is 0 Å². The maximum absolute atomic E-state index is 12.3. The molecule has 2 aromatic carbocycles. The fourth-order valence-corrected chi connectivity index (χ4v) is 2.38. The number of hydrogen-bond acceptors (Lipinski definition) is 1. The van der Waals surface area contributed by atoms with E-state index in [-0.39, 0.29) is 5.91 Å². The summed E-state index contributed by atoms with van der Waals surface area (Å²) in [6.45, 7) is 2.50. The number of rotatable bonds is 3. The van der Waals surface area contributed by atoms with Crippen molar-refractivity contribution in [1.82, 2.24) is 10.3 Å². The zero-order valence-electron chi connectivity index (χ0n) is 11.3. The van der Waals surface area contributed by atoms with Gasteiger partial charge in [-0.1, -0.05) is 48.5 Å². The highest BCUT2D eigenvalue weighted by Crippen LogP contribution is 2.21. The molecule has 100 valence electrons. The summed E-state index contributed by atoms with van der Waals surface area (Å²) in [6.07, 6.45) is 0. The van der Waals surface area contributed by atoms with E-state index in [1.807, 2.05) is 61.5 Å². The lowest BCUT2D eigenvalue weighted by Gasteiger charge is -2.04. The summed E-state index contributed by atoms with van der Waals surface area (Å²) in [5.74, 6) is -0.0671. The highest BCUT2D eigenvalue weighted by atomic mass is 16.1. The Morgan fingerprint density at radius 3 is 2.50 bits per heavy atom. The van der Waals surface area contributed by atoms with E-state index in [1.54, 1.807) is 0 Å². The first kappa shape index (κ1) is 12.5. The second-order valence-electron chi connectivity index (χ2n) is 4.84. The predicted octanol–water partition coefficient (Wildman–Crippen LogP) is 3.41. The highest BCUT2D eigenvalue weighted by molar-refractivity contribution is 6.00. The van der Waals surface area contributed by atoms with Crippen molar-refractivity contribution >= 4 is 16.8 Å². The van der Waals surface area contributed by atoms with Crippen LogP contribution in [0.15, 0.2) is 54.6 Å². The number of amides is 1. The van der Waals surface area contributed by atoms with Crippen LogP contribution in [-0.4, -0.2) is 10.9 Å². The summed E-state index contributed by atoms with van der Waals surface area (Å²) in [4.78, 5) is 15.5. The Hall–Kier alpha value is -2.55. The first-order valence-corrected chi connectivity index (χ1v) is 6.65. The van der Waals surface area contributed by atoms with E-state index in [2.05, 4.69) is 10.3 Å². The maximum Gasteiger partial charge on any atom is 0.268 e. The number of para-hydroxylation sites is 1. The molecule has 0 radical (unpaired) electrons. The molecule has 2 N–H and O–H groups in total. The second-order valence-corrected chi connectivity index (χ2v) is 4.84. The van der Waals surface area contributed by atoms with Gasteiger partial charge in [-0.05, 0) is 24.1 Å². The van der Waals surface area contributed by atoms with E-state index >= 15 is 0 Å². The van der Waals surface area contributed by atoms with Gasteiger partial charge in [0.1, 0.15) is 5.69 Å². The van der Waals surface area contributed by atoms with Crippen molar-refractivity contribution in [3.05, 3.63) is 71.4 Å². The number of aromatic nitrogens is 1. The Bertz CT molecular complexity index is 744. The van der Waals surface area contributed by atoms with Gasteiger partial charge < -0.3 is 10.3 Å². The van der Waals surface area contributed by atoms with Gasteiger partial charge in [0.15, 0.2) is 0 Å². The third kappa shape index (κ3) is 2.30. The fourth-order valence-electron chi connectivity index (χ4n) is 2.38. The average molecular weight is 264 g/mol. The van der Waals surface area contributed by atoms with E-state index in [9.17, 15) is 4.79 Å². The minimum atomic E-state index is -0.0671. The third-order valence-corrected chi connectivity index (χ3v) is 3.49. The molecule has 3 aromatic rings. The molecular formula is C17H16N2O. The number of fused-ring (bicyclic) bond motifs is 1. The van der Waals surface area contributed by atoms with Gasteiger partial charge in [-0.15, -0.1) is 0 Å². The number of benzene rings is 2.